The molecule has 1 aliphatic carbocycles. The summed E-state index contributed by atoms with van der Waals surface area (Å²) in [7, 11) is 0. The molecule has 0 aromatic carbocycles. The van der Waals surface area contributed by atoms with Crippen molar-refractivity contribution in [3.8, 4) is 0 Å². The monoisotopic (exact) mass is 279 g/mol. The fraction of sp³-hybridized carbons (Fsp3) is 0.733. The lowest BCUT2D eigenvalue weighted by Gasteiger charge is -2.22. The second kappa shape index (κ2) is 6.88. The average Bonchev–Trinajstić information content (AvgIpc) is 2.59. The second-order valence-corrected chi connectivity index (χ2v) is 6.08. The molecule has 1 aliphatic rings. The number of rotatable bonds is 4. The van der Waals surface area contributed by atoms with Gasteiger partial charge in [0.25, 0.3) is 5.56 Å². The first-order valence-corrected chi connectivity index (χ1v) is 7.58. The molecule has 0 bridgehead atoms. The summed E-state index contributed by atoms with van der Waals surface area (Å²) < 4.78 is 1.68. The Morgan fingerprint density at radius 3 is 2.90 bits per heavy atom. The molecule has 2 unspecified atom stereocenters. The molecule has 1 heterocycles. The van der Waals surface area contributed by atoms with Crippen LogP contribution < -0.4 is 10.9 Å². The molecule has 0 aliphatic heterocycles. The molecule has 1 aromatic heterocycles. The van der Waals surface area contributed by atoms with Crippen LogP contribution in [0.3, 0.4) is 0 Å². The number of aliphatic hydroxyl groups is 1. The van der Waals surface area contributed by atoms with E-state index in [0.717, 1.165) is 32.1 Å². The zero-order chi connectivity index (χ0) is 14.5. The molecule has 2 N–H and O–H groups in total. The van der Waals surface area contributed by atoms with Gasteiger partial charge in [-0.05, 0) is 18.8 Å². The normalized spacial score (nSPS) is 23.6. The van der Waals surface area contributed by atoms with Crippen molar-refractivity contribution in [2.75, 3.05) is 5.32 Å². The van der Waals surface area contributed by atoms with Gasteiger partial charge in [0.15, 0.2) is 5.82 Å². The predicted octanol–water partition coefficient (Wildman–Crippen LogP) is 2.00. The van der Waals surface area contributed by atoms with Gasteiger partial charge in [0.05, 0.1) is 12.1 Å². The second-order valence-electron chi connectivity index (χ2n) is 6.08. The molecule has 0 amide bonds. The molecule has 2 atom stereocenters. The van der Waals surface area contributed by atoms with Crippen LogP contribution >= 0.6 is 0 Å². The molecule has 1 saturated carbocycles. The highest BCUT2D eigenvalue weighted by atomic mass is 16.3. The number of hydrogen-bond donors (Lipinski definition) is 2. The topological polar surface area (TPSA) is 67.2 Å². The van der Waals surface area contributed by atoms with Crippen LogP contribution in [0.25, 0.3) is 0 Å². The van der Waals surface area contributed by atoms with Gasteiger partial charge in [-0.15, -0.1) is 0 Å². The Labute approximate surface area is 120 Å². The van der Waals surface area contributed by atoms with E-state index < -0.39 is 6.10 Å². The Kier molecular flexibility index (Phi) is 5.17. The van der Waals surface area contributed by atoms with Gasteiger partial charge in [-0.3, -0.25) is 4.79 Å². The lowest BCUT2D eigenvalue weighted by atomic mass is 10.1. The molecule has 1 aromatic rings. The lowest BCUT2D eigenvalue weighted by Crippen LogP contribution is -2.36. The number of aliphatic hydroxyl groups excluding tert-OH is 1. The first kappa shape index (κ1) is 15.0. The van der Waals surface area contributed by atoms with E-state index >= 15 is 0 Å². The SMILES string of the molecule is CC(C)Cn1ccnc(NC2CCCCCC2O)c1=O. The van der Waals surface area contributed by atoms with Crippen LogP contribution in [0.4, 0.5) is 5.82 Å². The third-order valence-electron chi connectivity index (χ3n) is 3.78. The van der Waals surface area contributed by atoms with Crippen LogP contribution in [0.2, 0.25) is 0 Å². The Morgan fingerprint density at radius 2 is 2.15 bits per heavy atom. The standard InChI is InChI=1S/C15H25N3O2/c1-11(2)10-18-9-8-16-14(15(18)20)17-12-6-4-3-5-7-13(12)19/h8-9,11-13,19H,3-7,10H2,1-2H3,(H,16,17). The number of hydrogen-bond acceptors (Lipinski definition) is 4. The lowest BCUT2D eigenvalue weighted by molar-refractivity contribution is 0.144. The molecule has 1 fully saturated rings. The molecular formula is C15H25N3O2. The predicted molar refractivity (Wildman–Crippen MR) is 79.8 cm³/mol. The van der Waals surface area contributed by atoms with Crippen LogP contribution in [0, 0.1) is 5.92 Å². The fourth-order valence-corrected chi connectivity index (χ4v) is 2.72. The van der Waals surface area contributed by atoms with Crippen molar-refractivity contribution in [3.05, 3.63) is 22.7 Å². The van der Waals surface area contributed by atoms with Gasteiger partial charge in [0, 0.05) is 18.9 Å². The van der Waals surface area contributed by atoms with E-state index in [1.165, 1.54) is 0 Å². The molecule has 5 nitrogen and oxygen atoms in total. The third kappa shape index (κ3) is 3.82. The summed E-state index contributed by atoms with van der Waals surface area (Å²) in [5.41, 5.74) is -0.0994. The van der Waals surface area contributed by atoms with E-state index in [1.807, 2.05) is 0 Å². The van der Waals surface area contributed by atoms with Crippen molar-refractivity contribution in [2.24, 2.45) is 5.92 Å². The van der Waals surface area contributed by atoms with Crippen LogP contribution in [-0.2, 0) is 6.54 Å². The molecule has 112 valence electrons. The highest BCUT2D eigenvalue weighted by molar-refractivity contribution is 5.32. The van der Waals surface area contributed by atoms with Gasteiger partial charge in [0.1, 0.15) is 0 Å². The van der Waals surface area contributed by atoms with Crippen molar-refractivity contribution in [3.63, 3.8) is 0 Å². The summed E-state index contributed by atoms with van der Waals surface area (Å²) in [4.78, 5) is 16.5. The average molecular weight is 279 g/mol. The maximum Gasteiger partial charge on any atom is 0.293 e. The van der Waals surface area contributed by atoms with Gasteiger partial charge in [0.2, 0.25) is 0 Å². The minimum Gasteiger partial charge on any atom is -0.391 e. The Hall–Kier alpha value is -1.36. The van der Waals surface area contributed by atoms with Crippen LogP contribution in [0.5, 0.6) is 0 Å². The quantitative estimate of drug-likeness (QED) is 0.827. The van der Waals surface area contributed by atoms with E-state index in [1.54, 1.807) is 17.0 Å². The molecular weight excluding hydrogens is 254 g/mol. The van der Waals surface area contributed by atoms with E-state index in [9.17, 15) is 9.90 Å². The molecule has 2 rings (SSSR count). The molecule has 0 spiro atoms. The summed E-state index contributed by atoms with van der Waals surface area (Å²) in [5, 5.41) is 13.3. The van der Waals surface area contributed by atoms with Gasteiger partial charge < -0.3 is 15.0 Å². The minimum absolute atomic E-state index is 0.0624. The van der Waals surface area contributed by atoms with E-state index in [4.69, 9.17) is 0 Å². The highest BCUT2D eigenvalue weighted by Gasteiger charge is 2.22. The highest BCUT2D eigenvalue weighted by Crippen LogP contribution is 2.20. The smallest absolute Gasteiger partial charge is 0.293 e. The Bertz CT molecular complexity index is 484. The van der Waals surface area contributed by atoms with Crippen LogP contribution in [-0.4, -0.2) is 26.8 Å². The van der Waals surface area contributed by atoms with Crippen LogP contribution in [0.1, 0.15) is 46.0 Å². The van der Waals surface area contributed by atoms with Crippen molar-refractivity contribution < 1.29 is 5.11 Å². The largest absolute Gasteiger partial charge is 0.391 e. The maximum atomic E-state index is 12.3. The van der Waals surface area contributed by atoms with Crippen molar-refractivity contribution in [1.82, 2.24) is 9.55 Å². The van der Waals surface area contributed by atoms with Gasteiger partial charge >= 0.3 is 0 Å². The number of aromatic nitrogens is 2. The number of nitrogens with one attached hydrogen (secondary N) is 1. The van der Waals surface area contributed by atoms with Crippen molar-refractivity contribution >= 4 is 5.82 Å². The van der Waals surface area contributed by atoms with Crippen LogP contribution in [0.15, 0.2) is 17.2 Å². The zero-order valence-electron chi connectivity index (χ0n) is 12.4. The summed E-state index contributed by atoms with van der Waals surface area (Å²) >= 11 is 0. The van der Waals surface area contributed by atoms with Crippen molar-refractivity contribution in [1.29, 1.82) is 0 Å². The summed E-state index contributed by atoms with van der Waals surface area (Å²) in [6, 6.07) is -0.0624. The maximum absolute atomic E-state index is 12.3. The Morgan fingerprint density at radius 1 is 1.40 bits per heavy atom. The fourth-order valence-electron chi connectivity index (χ4n) is 2.72. The first-order chi connectivity index (χ1) is 9.58. The van der Waals surface area contributed by atoms with E-state index in [2.05, 4.69) is 24.1 Å². The van der Waals surface area contributed by atoms with Gasteiger partial charge in [-0.1, -0.05) is 33.1 Å². The van der Waals surface area contributed by atoms with E-state index in [0.29, 0.717) is 18.3 Å². The molecule has 0 saturated heterocycles. The molecule has 5 heteroatoms. The molecule has 0 radical (unpaired) electrons. The minimum atomic E-state index is -0.391. The number of nitrogens with zero attached hydrogens (tertiary/aromatic N) is 2. The van der Waals surface area contributed by atoms with Gasteiger partial charge in [-0.25, -0.2) is 4.98 Å². The van der Waals surface area contributed by atoms with Crippen molar-refractivity contribution in [2.45, 2.75) is 64.6 Å². The summed E-state index contributed by atoms with van der Waals surface area (Å²) in [6.45, 7) is 4.84. The summed E-state index contributed by atoms with van der Waals surface area (Å²) in [6.07, 6.45) is 7.95. The van der Waals surface area contributed by atoms with E-state index in [-0.39, 0.29) is 11.6 Å². The molecule has 20 heavy (non-hydrogen) atoms. The zero-order valence-corrected chi connectivity index (χ0v) is 12.4. The number of anilines is 1. The third-order valence-corrected chi connectivity index (χ3v) is 3.78. The summed E-state index contributed by atoms with van der Waals surface area (Å²) in [5.74, 6) is 0.769. The Balaban J connectivity index is 2.14. The first-order valence-electron chi connectivity index (χ1n) is 7.58. The van der Waals surface area contributed by atoms with Gasteiger partial charge in [-0.2, -0.15) is 0 Å².